The first-order valence-electron chi connectivity index (χ1n) is 10.9. The molecule has 0 bridgehead atoms. The van der Waals surface area contributed by atoms with Crippen LogP contribution in [0.1, 0.15) is 43.4 Å². The molecule has 0 saturated heterocycles. The highest BCUT2D eigenvalue weighted by Crippen LogP contribution is 2.31. The summed E-state index contributed by atoms with van der Waals surface area (Å²) in [6, 6.07) is 20.8. The number of aryl methyl sites for hydroxylation is 1. The summed E-state index contributed by atoms with van der Waals surface area (Å²) in [6.07, 6.45) is -0.653. The molecule has 0 aliphatic heterocycles. The number of amides is 1. The predicted octanol–water partition coefficient (Wildman–Crippen LogP) is 6.82. The summed E-state index contributed by atoms with van der Waals surface area (Å²) in [5, 5.41) is 14.2. The van der Waals surface area contributed by atoms with Gasteiger partial charge in [0.15, 0.2) is 10.4 Å². The van der Waals surface area contributed by atoms with Gasteiger partial charge < -0.3 is 4.74 Å². The van der Waals surface area contributed by atoms with Crippen LogP contribution in [0, 0.1) is 6.92 Å². The molecular formula is C26H27N3O2S2. The van der Waals surface area contributed by atoms with Gasteiger partial charge >= 0.3 is 0 Å². The molecule has 1 unspecified atom stereocenters. The molecule has 170 valence electrons. The summed E-state index contributed by atoms with van der Waals surface area (Å²) in [6.45, 7) is 7.99. The first-order chi connectivity index (χ1) is 15.9. The Morgan fingerprint density at radius 3 is 2.67 bits per heavy atom. The number of nitrogens with zero attached hydrogens (tertiary/aromatic N) is 2. The summed E-state index contributed by atoms with van der Waals surface area (Å²) in [5.41, 5.74) is 3.43. The summed E-state index contributed by atoms with van der Waals surface area (Å²) in [5.74, 6) is 1.60. The van der Waals surface area contributed by atoms with Crippen molar-refractivity contribution >= 4 is 44.9 Å². The van der Waals surface area contributed by atoms with Crippen molar-refractivity contribution in [1.82, 2.24) is 10.2 Å². The number of hydrogen-bond donors (Lipinski definition) is 1. The van der Waals surface area contributed by atoms with Crippen LogP contribution in [0.15, 0.2) is 65.0 Å². The Hall–Kier alpha value is -2.90. The van der Waals surface area contributed by atoms with Gasteiger partial charge in [-0.3, -0.25) is 10.1 Å². The lowest BCUT2D eigenvalue weighted by Crippen LogP contribution is -2.30. The molecule has 7 heteroatoms. The van der Waals surface area contributed by atoms with Crippen LogP contribution in [0.25, 0.3) is 10.8 Å². The molecule has 1 amide bonds. The molecule has 0 spiro atoms. The maximum absolute atomic E-state index is 12.7. The largest absolute Gasteiger partial charge is 0.481 e. The summed E-state index contributed by atoms with van der Waals surface area (Å²) >= 11 is 2.99. The van der Waals surface area contributed by atoms with Crippen molar-refractivity contribution in [2.24, 2.45) is 0 Å². The summed E-state index contributed by atoms with van der Waals surface area (Å²) < 4.78 is 6.83. The Bertz CT molecular complexity index is 1260. The van der Waals surface area contributed by atoms with Gasteiger partial charge in [-0.25, -0.2) is 0 Å². The number of carbonyl (C=O) groups excluding carboxylic acids is 1. The fourth-order valence-electron chi connectivity index (χ4n) is 3.55. The van der Waals surface area contributed by atoms with Gasteiger partial charge in [0.25, 0.3) is 5.91 Å². The highest BCUT2D eigenvalue weighted by Gasteiger charge is 2.19. The highest BCUT2D eigenvalue weighted by molar-refractivity contribution is 8.00. The predicted molar refractivity (Wildman–Crippen MR) is 137 cm³/mol. The van der Waals surface area contributed by atoms with Crippen LogP contribution in [0.4, 0.5) is 5.13 Å². The van der Waals surface area contributed by atoms with Crippen molar-refractivity contribution < 1.29 is 9.53 Å². The third kappa shape index (κ3) is 5.72. The molecule has 1 heterocycles. The third-order valence-electron chi connectivity index (χ3n) is 5.33. The quantitative estimate of drug-likeness (QED) is 0.223. The second-order valence-corrected chi connectivity index (χ2v) is 10.4. The van der Waals surface area contributed by atoms with E-state index >= 15 is 0 Å². The van der Waals surface area contributed by atoms with E-state index in [-0.39, 0.29) is 5.91 Å². The zero-order chi connectivity index (χ0) is 23.4. The second-order valence-electron chi connectivity index (χ2n) is 8.25. The SMILES string of the molecule is Cc1ccc(C(C)C)c(OC(C)C(=O)Nc2nnc(SCc3cccc4ccccc34)s2)c1. The molecule has 3 aromatic carbocycles. The Kier molecular flexibility index (Phi) is 7.30. The van der Waals surface area contributed by atoms with E-state index in [1.54, 1.807) is 18.7 Å². The molecule has 4 rings (SSSR count). The van der Waals surface area contributed by atoms with Gasteiger partial charge in [-0.05, 0) is 53.3 Å². The molecule has 1 atom stereocenters. The Morgan fingerprint density at radius 1 is 1.06 bits per heavy atom. The number of carbonyl (C=O) groups is 1. The van der Waals surface area contributed by atoms with Gasteiger partial charge in [0.1, 0.15) is 5.75 Å². The number of thioether (sulfide) groups is 1. The van der Waals surface area contributed by atoms with E-state index in [1.807, 2.05) is 19.1 Å². The van der Waals surface area contributed by atoms with Gasteiger partial charge in [-0.15, -0.1) is 10.2 Å². The molecule has 4 aromatic rings. The van der Waals surface area contributed by atoms with Crippen molar-refractivity contribution in [3.63, 3.8) is 0 Å². The van der Waals surface area contributed by atoms with Crippen molar-refractivity contribution in [2.45, 2.75) is 49.8 Å². The second kappa shape index (κ2) is 10.4. The van der Waals surface area contributed by atoms with Crippen LogP contribution < -0.4 is 10.1 Å². The normalized spacial score (nSPS) is 12.2. The van der Waals surface area contributed by atoms with E-state index in [0.29, 0.717) is 11.0 Å². The van der Waals surface area contributed by atoms with E-state index in [1.165, 1.54) is 27.7 Å². The third-order valence-corrected chi connectivity index (χ3v) is 7.35. The summed E-state index contributed by atoms with van der Waals surface area (Å²) in [4.78, 5) is 12.7. The van der Waals surface area contributed by atoms with Crippen molar-refractivity contribution in [1.29, 1.82) is 0 Å². The molecule has 1 aromatic heterocycles. The molecule has 1 N–H and O–H groups in total. The topological polar surface area (TPSA) is 64.1 Å². The molecule has 33 heavy (non-hydrogen) atoms. The van der Waals surface area contributed by atoms with Gasteiger partial charge in [0.2, 0.25) is 5.13 Å². The molecule has 0 aliphatic carbocycles. The lowest BCUT2D eigenvalue weighted by Gasteiger charge is -2.18. The lowest BCUT2D eigenvalue weighted by atomic mass is 10.0. The number of anilines is 1. The van der Waals surface area contributed by atoms with E-state index in [2.05, 4.69) is 77.9 Å². The van der Waals surface area contributed by atoms with Gasteiger partial charge in [0, 0.05) is 5.75 Å². The van der Waals surface area contributed by atoms with Crippen LogP contribution in [0.5, 0.6) is 5.75 Å². The smallest absolute Gasteiger partial charge is 0.266 e. The monoisotopic (exact) mass is 477 g/mol. The standard InChI is InChI=1S/C26H27N3O2S2/c1-16(2)21-13-12-17(3)14-23(21)31-18(4)24(30)27-25-28-29-26(33-25)32-15-20-10-7-9-19-8-5-6-11-22(19)20/h5-14,16,18H,15H2,1-4H3,(H,27,28,30). The van der Waals surface area contributed by atoms with Gasteiger partial charge in [-0.1, -0.05) is 91.5 Å². The maximum atomic E-state index is 12.7. The number of aromatic nitrogens is 2. The van der Waals surface area contributed by atoms with E-state index in [4.69, 9.17) is 4.74 Å². The molecule has 0 saturated carbocycles. The Labute approximate surface area is 202 Å². The number of rotatable bonds is 8. The van der Waals surface area contributed by atoms with Crippen molar-refractivity contribution in [3.8, 4) is 5.75 Å². The molecule has 0 radical (unpaired) electrons. The van der Waals surface area contributed by atoms with Crippen LogP contribution in [0.3, 0.4) is 0 Å². The fourth-order valence-corrected chi connectivity index (χ4v) is 5.31. The van der Waals surface area contributed by atoms with Crippen molar-refractivity contribution in [3.05, 3.63) is 77.4 Å². The Morgan fingerprint density at radius 2 is 1.85 bits per heavy atom. The minimum absolute atomic E-state index is 0.243. The first kappa shape index (κ1) is 23.3. The summed E-state index contributed by atoms with van der Waals surface area (Å²) in [7, 11) is 0. The minimum Gasteiger partial charge on any atom is -0.481 e. The average molecular weight is 478 g/mol. The average Bonchev–Trinajstić information content (AvgIpc) is 3.24. The molecular weight excluding hydrogens is 450 g/mol. The zero-order valence-corrected chi connectivity index (χ0v) is 20.8. The van der Waals surface area contributed by atoms with Crippen LogP contribution >= 0.6 is 23.1 Å². The van der Waals surface area contributed by atoms with Crippen LogP contribution in [0.2, 0.25) is 0 Å². The van der Waals surface area contributed by atoms with Crippen molar-refractivity contribution in [2.75, 3.05) is 5.32 Å². The number of hydrogen-bond acceptors (Lipinski definition) is 6. The maximum Gasteiger partial charge on any atom is 0.266 e. The van der Waals surface area contributed by atoms with Gasteiger partial charge in [-0.2, -0.15) is 0 Å². The minimum atomic E-state index is -0.653. The van der Waals surface area contributed by atoms with E-state index in [9.17, 15) is 4.79 Å². The van der Waals surface area contributed by atoms with E-state index in [0.717, 1.165) is 27.0 Å². The highest BCUT2D eigenvalue weighted by atomic mass is 32.2. The first-order valence-corrected chi connectivity index (χ1v) is 12.7. The number of ether oxygens (including phenoxy) is 1. The zero-order valence-electron chi connectivity index (χ0n) is 19.2. The number of benzene rings is 3. The number of nitrogens with one attached hydrogen (secondary N) is 1. The number of fused-ring (bicyclic) bond motifs is 1. The van der Waals surface area contributed by atoms with Crippen LogP contribution in [-0.2, 0) is 10.5 Å². The van der Waals surface area contributed by atoms with Crippen LogP contribution in [-0.4, -0.2) is 22.2 Å². The van der Waals surface area contributed by atoms with E-state index < -0.39 is 6.10 Å². The van der Waals surface area contributed by atoms with Gasteiger partial charge in [0.05, 0.1) is 0 Å². The molecule has 0 fully saturated rings. The Balaban J connectivity index is 1.37. The lowest BCUT2D eigenvalue weighted by molar-refractivity contribution is -0.122. The fraction of sp³-hybridized carbons (Fsp3) is 0.269. The molecule has 5 nitrogen and oxygen atoms in total. The molecule has 0 aliphatic rings.